The van der Waals surface area contributed by atoms with Gasteiger partial charge in [0, 0.05) is 19.1 Å². The monoisotopic (exact) mass is 304 g/mol. The Bertz CT molecular complexity index is 496. The third-order valence-corrected chi connectivity index (χ3v) is 4.39. The molecule has 1 fully saturated rings. The van der Waals surface area contributed by atoms with Crippen LogP contribution in [0, 0.1) is 13.8 Å². The zero-order chi connectivity index (χ0) is 15.9. The number of amides is 1. The first-order chi connectivity index (χ1) is 10.6. The van der Waals surface area contributed by atoms with Crippen molar-refractivity contribution in [2.24, 2.45) is 0 Å². The molecule has 1 heterocycles. The Labute approximate surface area is 133 Å². The molecule has 1 atom stereocenters. The molecule has 1 aliphatic rings. The normalized spacial score (nSPS) is 17.5. The van der Waals surface area contributed by atoms with Crippen molar-refractivity contribution in [3.63, 3.8) is 0 Å². The highest BCUT2D eigenvalue weighted by Crippen LogP contribution is 2.21. The topological polar surface area (TPSA) is 41.6 Å². The number of aryl methyl sites for hydroxylation is 1. The van der Waals surface area contributed by atoms with Gasteiger partial charge in [-0.15, -0.1) is 0 Å². The lowest BCUT2D eigenvalue weighted by atomic mass is 10.1. The van der Waals surface area contributed by atoms with Gasteiger partial charge in [-0.25, -0.2) is 0 Å². The van der Waals surface area contributed by atoms with Gasteiger partial charge in [-0.05, 0) is 50.4 Å². The molecule has 0 spiro atoms. The van der Waals surface area contributed by atoms with Crippen molar-refractivity contribution in [2.75, 3.05) is 26.2 Å². The summed E-state index contributed by atoms with van der Waals surface area (Å²) < 4.78 is 5.82. The SMILES string of the molecule is CCCN(C(=O)CCOc1cccc(C)c1C)C1CCNC1. The number of carbonyl (C=O) groups excluding carboxylic acids is 1. The summed E-state index contributed by atoms with van der Waals surface area (Å²) in [6, 6.07) is 6.39. The Kier molecular flexibility index (Phi) is 6.25. The summed E-state index contributed by atoms with van der Waals surface area (Å²) in [6.45, 7) is 9.47. The van der Waals surface area contributed by atoms with Gasteiger partial charge in [-0.2, -0.15) is 0 Å². The lowest BCUT2D eigenvalue weighted by Gasteiger charge is -2.28. The molecular formula is C18H28N2O2. The Morgan fingerprint density at radius 1 is 1.41 bits per heavy atom. The van der Waals surface area contributed by atoms with Gasteiger partial charge in [0.05, 0.1) is 13.0 Å². The highest BCUT2D eigenvalue weighted by atomic mass is 16.5. The summed E-state index contributed by atoms with van der Waals surface area (Å²) in [5.74, 6) is 1.10. The van der Waals surface area contributed by atoms with Gasteiger partial charge in [0.15, 0.2) is 0 Å². The van der Waals surface area contributed by atoms with Crippen molar-refractivity contribution in [1.29, 1.82) is 0 Å². The summed E-state index contributed by atoms with van der Waals surface area (Å²) in [5, 5.41) is 3.34. The van der Waals surface area contributed by atoms with Crippen molar-refractivity contribution >= 4 is 5.91 Å². The second-order valence-corrected chi connectivity index (χ2v) is 6.03. The second kappa shape index (κ2) is 8.18. The lowest BCUT2D eigenvalue weighted by Crippen LogP contribution is -2.42. The zero-order valence-corrected chi connectivity index (χ0v) is 14.0. The fraction of sp³-hybridized carbons (Fsp3) is 0.611. The van der Waals surface area contributed by atoms with Crippen LogP contribution >= 0.6 is 0 Å². The number of ether oxygens (including phenoxy) is 1. The third kappa shape index (κ3) is 4.23. The lowest BCUT2D eigenvalue weighted by molar-refractivity contribution is -0.133. The van der Waals surface area contributed by atoms with Crippen LogP contribution in [0.4, 0.5) is 0 Å². The number of nitrogens with zero attached hydrogens (tertiary/aromatic N) is 1. The van der Waals surface area contributed by atoms with Gasteiger partial charge >= 0.3 is 0 Å². The number of hydrogen-bond acceptors (Lipinski definition) is 3. The fourth-order valence-corrected chi connectivity index (χ4v) is 2.93. The van der Waals surface area contributed by atoms with E-state index < -0.39 is 0 Å². The number of nitrogens with one attached hydrogen (secondary N) is 1. The Morgan fingerprint density at radius 3 is 2.91 bits per heavy atom. The molecule has 122 valence electrons. The van der Waals surface area contributed by atoms with Crippen LogP contribution in [0.15, 0.2) is 18.2 Å². The molecule has 4 nitrogen and oxygen atoms in total. The molecule has 4 heteroatoms. The maximum absolute atomic E-state index is 12.5. The molecular weight excluding hydrogens is 276 g/mol. The smallest absolute Gasteiger partial charge is 0.226 e. The van der Waals surface area contributed by atoms with E-state index in [1.165, 1.54) is 5.56 Å². The average Bonchev–Trinajstić information content (AvgIpc) is 3.03. The van der Waals surface area contributed by atoms with E-state index in [9.17, 15) is 4.79 Å². The van der Waals surface area contributed by atoms with E-state index >= 15 is 0 Å². The number of hydrogen-bond donors (Lipinski definition) is 1. The molecule has 0 bridgehead atoms. The van der Waals surface area contributed by atoms with Crippen LogP contribution in [0.2, 0.25) is 0 Å². The van der Waals surface area contributed by atoms with Gasteiger partial charge in [-0.3, -0.25) is 4.79 Å². The van der Waals surface area contributed by atoms with Crippen molar-refractivity contribution in [3.8, 4) is 5.75 Å². The fourth-order valence-electron chi connectivity index (χ4n) is 2.93. The van der Waals surface area contributed by atoms with Crippen molar-refractivity contribution in [2.45, 2.75) is 46.1 Å². The Morgan fingerprint density at radius 2 is 2.23 bits per heavy atom. The summed E-state index contributed by atoms with van der Waals surface area (Å²) in [6.07, 6.45) is 2.51. The summed E-state index contributed by atoms with van der Waals surface area (Å²) in [5.41, 5.74) is 2.37. The van der Waals surface area contributed by atoms with Crippen LogP contribution in [0.3, 0.4) is 0 Å². The van der Waals surface area contributed by atoms with Gasteiger partial charge < -0.3 is 15.0 Å². The largest absolute Gasteiger partial charge is 0.493 e. The van der Waals surface area contributed by atoms with Gasteiger partial charge in [-0.1, -0.05) is 19.1 Å². The van der Waals surface area contributed by atoms with Crippen LogP contribution in [0.1, 0.15) is 37.3 Å². The molecule has 1 aliphatic heterocycles. The van der Waals surface area contributed by atoms with E-state index in [0.29, 0.717) is 19.1 Å². The van der Waals surface area contributed by atoms with Crippen LogP contribution in [-0.2, 0) is 4.79 Å². The van der Waals surface area contributed by atoms with Crippen molar-refractivity contribution < 1.29 is 9.53 Å². The zero-order valence-electron chi connectivity index (χ0n) is 14.0. The standard InChI is InChI=1S/C18H28N2O2/c1-4-11-20(16-8-10-19-13-16)18(21)9-12-22-17-7-5-6-14(2)15(17)3/h5-7,16,19H,4,8-13H2,1-3H3. The molecule has 2 rings (SSSR count). The molecule has 1 saturated heterocycles. The average molecular weight is 304 g/mol. The minimum absolute atomic E-state index is 0.209. The van der Waals surface area contributed by atoms with E-state index in [2.05, 4.69) is 32.2 Å². The van der Waals surface area contributed by atoms with E-state index in [4.69, 9.17) is 4.74 Å². The van der Waals surface area contributed by atoms with Crippen LogP contribution in [-0.4, -0.2) is 43.1 Å². The van der Waals surface area contributed by atoms with E-state index in [0.717, 1.165) is 43.8 Å². The summed E-state index contributed by atoms with van der Waals surface area (Å²) in [7, 11) is 0. The number of benzene rings is 1. The third-order valence-electron chi connectivity index (χ3n) is 4.39. The highest BCUT2D eigenvalue weighted by Gasteiger charge is 2.25. The van der Waals surface area contributed by atoms with E-state index in [1.54, 1.807) is 0 Å². The van der Waals surface area contributed by atoms with E-state index in [1.807, 2.05) is 17.0 Å². The quantitative estimate of drug-likeness (QED) is 0.842. The van der Waals surface area contributed by atoms with Crippen molar-refractivity contribution in [1.82, 2.24) is 10.2 Å². The molecule has 1 amide bonds. The van der Waals surface area contributed by atoms with Crippen LogP contribution < -0.4 is 10.1 Å². The van der Waals surface area contributed by atoms with Gasteiger partial charge in [0.2, 0.25) is 5.91 Å². The maximum atomic E-state index is 12.5. The number of rotatable bonds is 7. The first-order valence-electron chi connectivity index (χ1n) is 8.32. The van der Waals surface area contributed by atoms with E-state index in [-0.39, 0.29) is 5.91 Å². The number of carbonyl (C=O) groups is 1. The molecule has 0 saturated carbocycles. The second-order valence-electron chi connectivity index (χ2n) is 6.03. The predicted molar refractivity (Wildman–Crippen MR) is 89.3 cm³/mol. The minimum atomic E-state index is 0.209. The molecule has 0 aliphatic carbocycles. The Balaban J connectivity index is 1.86. The molecule has 0 aromatic heterocycles. The predicted octanol–water partition coefficient (Wildman–Crippen LogP) is 2.67. The van der Waals surface area contributed by atoms with Gasteiger partial charge in [0.1, 0.15) is 5.75 Å². The first-order valence-corrected chi connectivity index (χ1v) is 8.32. The first kappa shape index (κ1) is 16.8. The molecule has 22 heavy (non-hydrogen) atoms. The molecule has 1 N–H and O–H groups in total. The van der Waals surface area contributed by atoms with Crippen LogP contribution in [0.5, 0.6) is 5.75 Å². The summed E-state index contributed by atoms with van der Waals surface area (Å²) >= 11 is 0. The molecule has 1 unspecified atom stereocenters. The minimum Gasteiger partial charge on any atom is -0.493 e. The summed E-state index contributed by atoms with van der Waals surface area (Å²) in [4.78, 5) is 14.5. The van der Waals surface area contributed by atoms with Gasteiger partial charge in [0.25, 0.3) is 0 Å². The molecule has 0 radical (unpaired) electrons. The molecule has 1 aromatic carbocycles. The maximum Gasteiger partial charge on any atom is 0.226 e. The Hall–Kier alpha value is -1.55. The van der Waals surface area contributed by atoms with Crippen LogP contribution in [0.25, 0.3) is 0 Å². The van der Waals surface area contributed by atoms with Crippen molar-refractivity contribution in [3.05, 3.63) is 29.3 Å². The highest BCUT2D eigenvalue weighted by molar-refractivity contribution is 5.76. The molecule has 1 aromatic rings.